The molecule has 0 radical (unpaired) electrons. The van der Waals surface area contributed by atoms with Crippen LogP contribution in [-0.2, 0) is 0 Å². The fraction of sp³-hybridized carbons (Fsp3) is 0.250. The number of hydrogen-bond acceptors (Lipinski definition) is 4. The number of carbonyl (C=O) groups excluding carboxylic acids is 1. The predicted octanol–water partition coefficient (Wildman–Crippen LogP) is 3.46. The van der Waals surface area contributed by atoms with Gasteiger partial charge in [0.2, 0.25) is 0 Å². The average molecular weight is 419 g/mol. The molecule has 1 aliphatic rings. The van der Waals surface area contributed by atoms with E-state index in [1.165, 1.54) is 6.07 Å². The Morgan fingerprint density at radius 2 is 1.55 bits per heavy atom. The summed E-state index contributed by atoms with van der Waals surface area (Å²) in [5.41, 5.74) is 3.87. The molecule has 160 valence electrons. The second-order valence-corrected chi connectivity index (χ2v) is 7.79. The van der Waals surface area contributed by atoms with Crippen molar-refractivity contribution >= 4 is 17.6 Å². The highest BCUT2D eigenvalue weighted by atomic mass is 16.4. The van der Waals surface area contributed by atoms with Gasteiger partial charge in [-0.05, 0) is 56.3 Å². The minimum absolute atomic E-state index is 0.115. The Balaban J connectivity index is 1.57. The van der Waals surface area contributed by atoms with E-state index in [9.17, 15) is 19.8 Å². The van der Waals surface area contributed by atoms with Crippen molar-refractivity contribution in [1.29, 1.82) is 0 Å². The summed E-state index contributed by atoms with van der Waals surface area (Å²) in [5.74, 6) is -0.921. The maximum atomic E-state index is 13.2. The predicted molar refractivity (Wildman–Crippen MR) is 118 cm³/mol. The smallest absolute Gasteiger partial charge is 0.337 e. The quantitative estimate of drug-likeness (QED) is 0.676. The van der Waals surface area contributed by atoms with Gasteiger partial charge in [-0.15, -0.1) is 0 Å². The third kappa shape index (κ3) is 3.99. The number of hydrogen-bond donors (Lipinski definition) is 2. The second-order valence-electron chi connectivity index (χ2n) is 7.79. The third-order valence-corrected chi connectivity index (χ3v) is 5.75. The van der Waals surface area contributed by atoms with Crippen LogP contribution in [0.5, 0.6) is 5.75 Å². The number of aromatic carboxylic acids is 1. The van der Waals surface area contributed by atoms with Crippen LogP contribution in [0.2, 0.25) is 0 Å². The lowest BCUT2D eigenvalue weighted by Crippen LogP contribution is -2.48. The Bertz CT molecular complexity index is 1120. The van der Waals surface area contributed by atoms with Crippen molar-refractivity contribution in [2.45, 2.75) is 13.8 Å². The van der Waals surface area contributed by atoms with E-state index in [2.05, 4.69) is 4.90 Å². The zero-order valence-electron chi connectivity index (χ0n) is 17.6. The van der Waals surface area contributed by atoms with Crippen LogP contribution >= 0.6 is 0 Å². The Labute approximate surface area is 180 Å². The Hall–Kier alpha value is -3.74. The fourth-order valence-corrected chi connectivity index (χ4v) is 4.12. The average Bonchev–Trinajstić information content (AvgIpc) is 3.10. The Morgan fingerprint density at radius 3 is 2.16 bits per heavy atom. The second kappa shape index (κ2) is 8.18. The highest BCUT2D eigenvalue weighted by Crippen LogP contribution is 2.25. The Morgan fingerprint density at radius 1 is 0.871 bits per heavy atom. The molecular formula is C24H25N3O4. The zero-order chi connectivity index (χ0) is 22.1. The molecule has 2 aromatic carbocycles. The van der Waals surface area contributed by atoms with Crippen LogP contribution in [0.1, 0.15) is 32.1 Å². The number of anilines is 1. The van der Waals surface area contributed by atoms with E-state index in [4.69, 9.17) is 0 Å². The number of amides is 1. The summed E-state index contributed by atoms with van der Waals surface area (Å²) in [6.45, 7) is 6.23. The Kier molecular flexibility index (Phi) is 5.42. The molecule has 0 saturated carbocycles. The van der Waals surface area contributed by atoms with Crippen LogP contribution in [0.15, 0.2) is 54.6 Å². The molecule has 0 bridgehead atoms. The summed E-state index contributed by atoms with van der Waals surface area (Å²) in [6.07, 6.45) is 0. The maximum absolute atomic E-state index is 13.2. The van der Waals surface area contributed by atoms with Crippen LogP contribution in [0.25, 0.3) is 5.69 Å². The number of benzene rings is 2. The monoisotopic (exact) mass is 419 g/mol. The molecule has 3 aromatic rings. The van der Waals surface area contributed by atoms with E-state index in [1.807, 2.05) is 36.6 Å². The van der Waals surface area contributed by atoms with Crippen molar-refractivity contribution in [2.24, 2.45) is 0 Å². The molecule has 0 atom stereocenters. The minimum Gasteiger partial charge on any atom is -0.508 e. The molecule has 1 fully saturated rings. The van der Waals surface area contributed by atoms with E-state index in [-0.39, 0.29) is 17.2 Å². The number of aromatic hydroxyl groups is 1. The number of carbonyl (C=O) groups is 2. The summed E-state index contributed by atoms with van der Waals surface area (Å²) >= 11 is 0. The van der Waals surface area contributed by atoms with Gasteiger partial charge in [0.05, 0.1) is 11.3 Å². The molecular weight excluding hydrogens is 394 g/mol. The molecule has 1 aromatic heterocycles. The first-order chi connectivity index (χ1) is 14.8. The number of phenolic OH excluding ortho intramolecular Hbond substituents is 1. The summed E-state index contributed by atoms with van der Waals surface area (Å²) in [4.78, 5) is 28.9. The lowest BCUT2D eigenvalue weighted by molar-refractivity contribution is 0.0693. The van der Waals surface area contributed by atoms with Gasteiger partial charge in [-0.3, -0.25) is 4.79 Å². The molecule has 1 saturated heterocycles. The number of nitrogens with zero attached hydrogens (tertiary/aromatic N) is 3. The molecule has 2 heterocycles. The standard InChI is InChI=1S/C24H25N3O4/c1-16-6-7-17(2)27(16)22-14-18(8-9-21(22)24(30)31)23(29)26-12-10-25(11-13-26)19-4-3-5-20(28)15-19/h3-9,14-15,28H,10-13H2,1-2H3,(H,30,31). The molecule has 1 aliphatic heterocycles. The molecule has 31 heavy (non-hydrogen) atoms. The molecule has 0 unspecified atom stereocenters. The number of aryl methyl sites for hydroxylation is 2. The van der Waals surface area contributed by atoms with Gasteiger partial charge in [0.15, 0.2) is 0 Å². The van der Waals surface area contributed by atoms with E-state index < -0.39 is 5.97 Å². The van der Waals surface area contributed by atoms with Gasteiger partial charge in [0.1, 0.15) is 5.75 Å². The third-order valence-electron chi connectivity index (χ3n) is 5.75. The van der Waals surface area contributed by atoms with Gasteiger partial charge in [-0.2, -0.15) is 0 Å². The van der Waals surface area contributed by atoms with Gasteiger partial charge in [0, 0.05) is 54.9 Å². The maximum Gasteiger partial charge on any atom is 0.337 e. The topological polar surface area (TPSA) is 86.0 Å². The zero-order valence-corrected chi connectivity index (χ0v) is 17.6. The van der Waals surface area contributed by atoms with Gasteiger partial charge in [-0.25, -0.2) is 4.79 Å². The van der Waals surface area contributed by atoms with Crippen LogP contribution in [0.4, 0.5) is 5.69 Å². The molecule has 4 rings (SSSR count). The molecule has 0 aliphatic carbocycles. The molecule has 1 amide bonds. The van der Waals surface area contributed by atoms with Crippen molar-refractivity contribution in [1.82, 2.24) is 9.47 Å². The van der Waals surface area contributed by atoms with Crippen molar-refractivity contribution in [3.05, 3.63) is 77.1 Å². The van der Waals surface area contributed by atoms with Crippen molar-refractivity contribution < 1.29 is 19.8 Å². The number of aromatic nitrogens is 1. The van der Waals surface area contributed by atoms with Gasteiger partial charge in [0.25, 0.3) is 5.91 Å². The van der Waals surface area contributed by atoms with Crippen LogP contribution in [0, 0.1) is 13.8 Å². The van der Waals surface area contributed by atoms with E-state index >= 15 is 0 Å². The number of carboxylic acids is 1. The highest BCUT2D eigenvalue weighted by Gasteiger charge is 2.24. The fourth-order valence-electron chi connectivity index (χ4n) is 4.12. The lowest BCUT2D eigenvalue weighted by atomic mass is 10.1. The van der Waals surface area contributed by atoms with Crippen molar-refractivity contribution in [3.63, 3.8) is 0 Å². The van der Waals surface area contributed by atoms with Crippen molar-refractivity contribution in [3.8, 4) is 11.4 Å². The first-order valence-corrected chi connectivity index (χ1v) is 10.2. The van der Waals surface area contributed by atoms with Gasteiger partial charge >= 0.3 is 5.97 Å². The number of rotatable bonds is 4. The largest absolute Gasteiger partial charge is 0.508 e. The molecule has 7 heteroatoms. The SMILES string of the molecule is Cc1ccc(C)n1-c1cc(C(=O)N2CCN(c3cccc(O)c3)CC2)ccc1C(=O)O. The number of phenols is 1. The van der Waals surface area contributed by atoms with E-state index in [1.54, 1.807) is 35.2 Å². The van der Waals surface area contributed by atoms with Crippen LogP contribution in [-0.4, -0.2) is 57.7 Å². The number of piperazine rings is 1. The first kappa shape index (κ1) is 20.5. The number of carboxylic acid groups (broad SMARTS) is 1. The van der Waals surface area contributed by atoms with E-state index in [0.717, 1.165) is 17.1 Å². The summed E-state index contributed by atoms with van der Waals surface area (Å²) in [5, 5.41) is 19.4. The minimum atomic E-state index is -1.03. The van der Waals surface area contributed by atoms with Crippen LogP contribution in [0.3, 0.4) is 0 Å². The van der Waals surface area contributed by atoms with Crippen molar-refractivity contribution in [2.75, 3.05) is 31.1 Å². The molecule has 7 nitrogen and oxygen atoms in total. The van der Waals surface area contributed by atoms with Crippen LogP contribution < -0.4 is 4.90 Å². The van der Waals surface area contributed by atoms with Gasteiger partial charge in [-0.1, -0.05) is 6.07 Å². The summed E-state index contributed by atoms with van der Waals surface area (Å²) in [7, 11) is 0. The highest BCUT2D eigenvalue weighted by molar-refractivity contribution is 5.98. The van der Waals surface area contributed by atoms with E-state index in [0.29, 0.717) is 37.4 Å². The normalized spacial score (nSPS) is 14.0. The molecule has 2 N–H and O–H groups in total. The first-order valence-electron chi connectivity index (χ1n) is 10.2. The molecule has 0 spiro atoms. The lowest BCUT2D eigenvalue weighted by Gasteiger charge is -2.36. The van der Waals surface area contributed by atoms with Gasteiger partial charge < -0.3 is 24.6 Å². The summed E-state index contributed by atoms with van der Waals surface area (Å²) < 4.78 is 1.86. The summed E-state index contributed by atoms with van der Waals surface area (Å²) in [6, 6.07) is 15.7.